The lowest BCUT2D eigenvalue weighted by Gasteiger charge is -2.38. The highest BCUT2D eigenvalue weighted by Crippen LogP contribution is 2.44. The summed E-state index contributed by atoms with van der Waals surface area (Å²) in [5.74, 6) is 3.71. The molecule has 0 amide bonds. The van der Waals surface area contributed by atoms with Gasteiger partial charge in [-0.3, -0.25) is 0 Å². The Morgan fingerprint density at radius 2 is 1.30 bits per heavy atom. The quantitative estimate of drug-likeness (QED) is 0.336. The van der Waals surface area contributed by atoms with E-state index < -0.39 is 6.11 Å². The Hall–Kier alpha value is -0.440. The van der Waals surface area contributed by atoms with Crippen LogP contribution in [0, 0.1) is 35.5 Å². The zero-order valence-corrected chi connectivity index (χ0v) is 19.6. The second-order valence-corrected chi connectivity index (χ2v) is 10.8. The van der Waals surface area contributed by atoms with Gasteiger partial charge in [-0.15, -0.1) is 0 Å². The van der Waals surface area contributed by atoms with Crippen LogP contribution in [0.15, 0.2) is 12.2 Å². The zero-order valence-electron chi connectivity index (χ0n) is 19.6. The average molecular weight is 425 g/mol. The van der Waals surface area contributed by atoms with Gasteiger partial charge in [0.2, 0.25) is 0 Å². The highest BCUT2D eigenvalue weighted by Gasteiger charge is 2.38. The third-order valence-corrected chi connectivity index (χ3v) is 8.56. The van der Waals surface area contributed by atoms with Crippen molar-refractivity contribution < 1.29 is 13.5 Å². The smallest absolute Gasteiger partial charge is 0.320 e. The number of alkyl halides is 2. The molecular weight excluding hydrogens is 378 g/mol. The second kappa shape index (κ2) is 12.0. The molecule has 174 valence electrons. The third-order valence-electron chi connectivity index (χ3n) is 8.56. The number of allylic oxidation sites excluding steroid dienone is 2. The molecule has 3 aliphatic rings. The van der Waals surface area contributed by atoms with Crippen LogP contribution in [-0.4, -0.2) is 12.7 Å². The Kier molecular flexibility index (Phi) is 9.66. The van der Waals surface area contributed by atoms with Crippen molar-refractivity contribution in [3.8, 4) is 0 Å². The third kappa shape index (κ3) is 7.61. The summed E-state index contributed by atoms with van der Waals surface area (Å²) < 4.78 is 34.2. The predicted octanol–water partition coefficient (Wildman–Crippen LogP) is 8.78. The molecule has 0 aliphatic heterocycles. The van der Waals surface area contributed by atoms with Crippen molar-refractivity contribution in [2.45, 2.75) is 116 Å². The molecule has 0 aromatic rings. The lowest BCUT2D eigenvalue weighted by atomic mass is 9.69. The molecule has 30 heavy (non-hydrogen) atoms. The zero-order chi connectivity index (χ0) is 21.4. The number of hydrogen-bond acceptors (Lipinski definition) is 1. The van der Waals surface area contributed by atoms with Crippen LogP contribution in [-0.2, 0) is 4.74 Å². The van der Waals surface area contributed by atoms with E-state index in [9.17, 15) is 8.78 Å². The summed E-state index contributed by atoms with van der Waals surface area (Å²) in [5.41, 5.74) is 0. The van der Waals surface area contributed by atoms with Crippen LogP contribution in [0.25, 0.3) is 0 Å². The lowest BCUT2D eigenvalue weighted by Crippen LogP contribution is -2.31. The van der Waals surface area contributed by atoms with Crippen LogP contribution >= 0.6 is 0 Å². The molecule has 0 unspecified atom stereocenters. The molecule has 0 radical (unpaired) electrons. The number of rotatable bonds is 9. The van der Waals surface area contributed by atoms with Crippen molar-refractivity contribution in [3.05, 3.63) is 12.2 Å². The van der Waals surface area contributed by atoms with Gasteiger partial charge in [0.25, 0.3) is 0 Å². The topological polar surface area (TPSA) is 9.23 Å². The monoisotopic (exact) mass is 424 g/mol. The molecule has 0 saturated heterocycles. The molecule has 1 nitrogen and oxygen atoms in total. The van der Waals surface area contributed by atoms with Gasteiger partial charge < -0.3 is 4.74 Å². The van der Waals surface area contributed by atoms with Crippen LogP contribution in [0.5, 0.6) is 0 Å². The van der Waals surface area contributed by atoms with Crippen LogP contribution in [0.1, 0.15) is 110 Å². The maximum absolute atomic E-state index is 14.5. The molecule has 3 aliphatic carbocycles. The maximum Gasteiger partial charge on any atom is 0.356 e. The molecule has 3 rings (SSSR count). The summed E-state index contributed by atoms with van der Waals surface area (Å²) in [6.45, 7) is 4.61. The van der Waals surface area contributed by atoms with E-state index in [-0.39, 0.29) is 18.9 Å². The fourth-order valence-electron chi connectivity index (χ4n) is 6.67. The highest BCUT2D eigenvalue weighted by atomic mass is 19.3. The molecule has 3 heteroatoms. The fourth-order valence-corrected chi connectivity index (χ4v) is 6.67. The molecular formula is C27H46F2O. The van der Waals surface area contributed by atoms with Crippen molar-refractivity contribution >= 4 is 0 Å². The first-order chi connectivity index (χ1) is 14.5. The summed E-state index contributed by atoms with van der Waals surface area (Å²) in [5, 5.41) is 0. The molecule has 0 aromatic carbocycles. The lowest BCUT2D eigenvalue weighted by molar-refractivity contribution is -0.256. The molecule has 0 N–H and O–H groups in total. The Morgan fingerprint density at radius 1 is 0.767 bits per heavy atom. The Balaban J connectivity index is 1.32. The van der Waals surface area contributed by atoms with E-state index in [4.69, 9.17) is 4.74 Å². The minimum absolute atomic E-state index is 0.0566. The molecule has 0 aromatic heterocycles. The minimum Gasteiger partial charge on any atom is -0.320 e. The highest BCUT2D eigenvalue weighted by molar-refractivity contribution is 4.91. The van der Waals surface area contributed by atoms with Gasteiger partial charge in [0.05, 0.1) is 6.61 Å². The number of hydrogen-bond donors (Lipinski definition) is 0. The number of halogens is 2. The summed E-state index contributed by atoms with van der Waals surface area (Å²) in [7, 11) is 0. The largest absolute Gasteiger partial charge is 0.356 e. The first-order valence-corrected chi connectivity index (χ1v) is 13.1. The van der Waals surface area contributed by atoms with Gasteiger partial charge in [-0.05, 0) is 107 Å². The minimum atomic E-state index is -2.93. The van der Waals surface area contributed by atoms with Gasteiger partial charge in [-0.1, -0.05) is 44.8 Å². The van der Waals surface area contributed by atoms with Crippen molar-refractivity contribution in [2.75, 3.05) is 6.61 Å². The van der Waals surface area contributed by atoms with Gasteiger partial charge in [0.15, 0.2) is 0 Å². The maximum atomic E-state index is 14.5. The first-order valence-electron chi connectivity index (χ1n) is 13.1. The summed E-state index contributed by atoms with van der Waals surface area (Å²) >= 11 is 0. The van der Waals surface area contributed by atoms with Gasteiger partial charge in [0, 0.05) is 6.42 Å². The molecule has 0 atom stereocenters. The Morgan fingerprint density at radius 3 is 1.87 bits per heavy atom. The SMILES string of the molecule is C/C=C/C1CCC(C2CCC(CC(F)(F)OCC3CCC(CCC)CC3)CC2)CC1. The summed E-state index contributed by atoms with van der Waals surface area (Å²) in [6.07, 6.45) is 18.2. The van der Waals surface area contributed by atoms with Gasteiger partial charge >= 0.3 is 6.11 Å². The number of ether oxygens (including phenoxy) is 1. The van der Waals surface area contributed by atoms with E-state index in [1.165, 1.54) is 51.4 Å². The first kappa shape index (κ1) is 24.2. The second-order valence-electron chi connectivity index (χ2n) is 10.8. The van der Waals surface area contributed by atoms with Crippen molar-refractivity contribution in [2.24, 2.45) is 35.5 Å². The Bertz CT molecular complexity index is 493. The molecule has 3 saturated carbocycles. The van der Waals surface area contributed by atoms with Crippen LogP contribution < -0.4 is 0 Å². The Labute approximate surface area is 184 Å². The van der Waals surface area contributed by atoms with Crippen LogP contribution in [0.4, 0.5) is 8.78 Å². The van der Waals surface area contributed by atoms with Crippen LogP contribution in [0.3, 0.4) is 0 Å². The van der Waals surface area contributed by atoms with Crippen LogP contribution in [0.2, 0.25) is 0 Å². The summed E-state index contributed by atoms with van der Waals surface area (Å²) in [6, 6.07) is 0. The predicted molar refractivity (Wildman–Crippen MR) is 122 cm³/mol. The normalized spacial score (nSPS) is 36.3. The van der Waals surface area contributed by atoms with Gasteiger partial charge in [-0.2, -0.15) is 8.78 Å². The van der Waals surface area contributed by atoms with E-state index >= 15 is 0 Å². The average Bonchev–Trinajstić information content (AvgIpc) is 2.75. The van der Waals surface area contributed by atoms with Gasteiger partial charge in [0.1, 0.15) is 0 Å². The van der Waals surface area contributed by atoms with Crippen molar-refractivity contribution in [3.63, 3.8) is 0 Å². The molecule has 0 spiro atoms. The van der Waals surface area contributed by atoms with E-state index in [0.717, 1.165) is 62.2 Å². The molecule has 0 bridgehead atoms. The van der Waals surface area contributed by atoms with Crippen molar-refractivity contribution in [1.82, 2.24) is 0 Å². The fraction of sp³-hybridized carbons (Fsp3) is 0.926. The van der Waals surface area contributed by atoms with Crippen molar-refractivity contribution in [1.29, 1.82) is 0 Å². The van der Waals surface area contributed by atoms with E-state index in [1.54, 1.807) is 0 Å². The van der Waals surface area contributed by atoms with Gasteiger partial charge in [-0.25, -0.2) is 0 Å². The molecule has 3 fully saturated rings. The van der Waals surface area contributed by atoms with E-state index in [1.807, 2.05) is 0 Å². The molecule has 0 heterocycles. The summed E-state index contributed by atoms with van der Waals surface area (Å²) in [4.78, 5) is 0. The van der Waals surface area contributed by atoms with E-state index in [0.29, 0.717) is 5.92 Å². The van der Waals surface area contributed by atoms with E-state index in [2.05, 4.69) is 26.0 Å². The standard InChI is InChI=1S/C27H46F2O/c1-3-5-21-7-9-24(10-8-21)20-30-27(28,29)19-23-13-17-26(18-14-23)25-15-11-22(6-4-2)12-16-25/h4,6,21-26H,3,5,7-20H2,1-2H3/b6-4+.